The minimum Gasteiger partial charge on any atom is -0.354 e. The minimum absolute atomic E-state index is 0.200. The Balaban J connectivity index is 2.17. The molecule has 2 rings (SSSR count). The van der Waals surface area contributed by atoms with Crippen LogP contribution in [0.4, 0.5) is 0 Å². The van der Waals surface area contributed by atoms with Gasteiger partial charge in [-0.3, -0.25) is 9.59 Å². The van der Waals surface area contributed by atoms with E-state index < -0.39 is 6.04 Å². The summed E-state index contributed by atoms with van der Waals surface area (Å²) in [6.07, 6.45) is 0. The van der Waals surface area contributed by atoms with Crippen molar-refractivity contribution in [2.24, 2.45) is 5.92 Å². The Hall–Kier alpha value is -2.62. The largest absolute Gasteiger partial charge is 0.354 e. The summed E-state index contributed by atoms with van der Waals surface area (Å²) in [5.74, 6) is -0.117. The first-order valence-electron chi connectivity index (χ1n) is 7.76. The zero-order valence-corrected chi connectivity index (χ0v) is 13.5. The van der Waals surface area contributed by atoms with E-state index in [1.165, 1.54) is 0 Å². The predicted molar refractivity (Wildman–Crippen MR) is 90.9 cm³/mol. The highest BCUT2D eigenvalue weighted by atomic mass is 16.2. The SMILES string of the molecule is CC(C)CNC(=O)[C@@H](NC(=O)c1ccccc1)c1ccccc1. The first-order chi connectivity index (χ1) is 11.1. The van der Waals surface area contributed by atoms with Gasteiger partial charge in [-0.15, -0.1) is 0 Å². The molecule has 0 spiro atoms. The van der Waals surface area contributed by atoms with Gasteiger partial charge < -0.3 is 10.6 Å². The monoisotopic (exact) mass is 310 g/mol. The van der Waals surface area contributed by atoms with E-state index in [1.54, 1.807) is 24.3 Å². The van der Waals surface area contributed by atoms with E-state index in [9.17, 15) is 9.59 Å². The maximum absolute atomic E-state index is 12.5. The molecular formula is C19H22N2O2. The van der Waals surface area contributed by atoms with Crippen molar-refractivity contribution in [2.45, 2.75) is 19.9 Å². The standard InChI is InChI=1S/C19H22N2O2/c1-14(2)13-20-19(23)17(15-9-5-3-6-10-15)21-18(22)16-11-7-4-8-12-16/h3-12,14,17H,13H2,1-2H3,(H,20,23)(H,21,22)/t17-/m0/s1. The number of amides is 2. The van der Waals surface area contributed by atoms with E-state index in [0.29, 0.717) is 18.0 Å². The molecule has 0 aliphatic rings. The molecule has 0 saturated carbocycles. The van der Waals surface area contributed by atoms with Gasteiger partial charge in [0.25, 0.3) is 5.91 Å². The number of benzene rings is 2. The third-order valence-corrected chi connectivity index (χ3v) is 3.39. The summed E-state index contributed by atoms with van der Waals surface area (Å²) in [5.41, 5.74) is 1.29. The van der Waals surface area contributed by atoms with Gasteiger partial charge in [0.05, 0.1) is 0 Å². The number of hydrogen-bond acceptors (Lipinski definition) is 2. The third kappa shape index (κ3) is 4.95. The maximum atomic E-state index is 12.5. The molecule has 2 amide bonds. The quantitative estimate of drug-likeness (QED) is 0.862. The van der Waals surface area contributed by atoms with Crippen molar-refractivity contribution in [3.05, 3.63) is 71.8 Å². The van der Waals surface area contributed by atoms with E-state index in [-0.39, 0.29) is 11.8 Å². The first-order valence-corrected chi connectivity index (χ1v) is 7.76. The molecule has 4 heteroatoms. The lowest BCUT2D eigenvalue weighted by molar-refractivity contribution is -0.123. The minimum atomic E-state index is -0.706. The van der Waals surface area contributed by atoms with Gasteiger partial charge in [-0.25, -0.2) is 0 Å². The Morgan fingerprint density at radius 3 is 2.04 bits per heavy atom. The Morgan fingerprint density at radius 2 is 1.48 bits per heavy atom. The number of rotatable bonds is 6. The van der Waals surface area contributed by atoms with Gasteiger partial charge in [-0.05, 0) is 23.6 Å². The van der Waals surface area contributed by atoms with E-state index in [0.717, 1.165) is 5.56 Å². The molecule has 0 radical (unpaired) electrons. The van der Waals surface area contributed by atoms with Crippen LogP contribution >= 0.6 is 0 Å². The molecule has 4 nitrogen and oxygen atoms in total. The Morgan fingerprint density at radius 1 is 0.913 bits per heavy atom. The topological polar surface area (TPSA) is 58.2 Å². The Bertz CT molecular complexity index is 639. The molecule has 1 atom stereocenters. The average molecular weight is 310 g/mol. The Labute approximate surface area is 136 Å². The molecule has 23 heavy (non-hydrogen) atoms. The smallest absolute Gasteiger partial charge is 0.252 e. The highest BCUT2D eigenvalue weighted by Gasteiger charge is 2.23. The van der Waals surface area contributed by atoms with Gasteiger partial charge in [-0.2, -0.15) is 0 Å². The molecule has 120 valence electrons. The van der Waals surface area contributed by atoms with Crippen LogP contribution in [0.2, 0.25) is 0 Å². The summed E-state index contributed by atoms with van der Waals surface area (Å²) >= 11 is 0. The van der Waals surface area contributed by atoms with E-state index in [4.69, 9.17) is 0 Å². The van der Waals surface area contributed by atoms with Crippen molar-refractivity contribution in [2.75, 3.05) is 6.54 Å². The van der Waals surface area contributed by atoms with Crippen molar-refractivity contribution < 1.29 is 9.59 Å². The zero-order valence-electron chi connectivity index (χ0n) is 13.5. The lowest BCUT2D eigenvalue weighted by Crippen LogP contribution is -2.41. The summed E-state index contributed by atoms with van der Waals surface area (Å²) in [6, 6.07) is 17.5. The molecular weight excluding hydrogens is 288 g/mol. The summed E-state index contributed by atoms with van der Waals surface area (Å²) in [7, 11) is 0. The second-order valence-corrected chi connectivity index (χ2v) is 5.82. The molecule has 2 aromatic rings. The van der Waals surface area contributed by atoms with Crippen molar-refractivity contribution in [1.29, 1.82) is 0 Å². The summed E-state index contributed by atoms with van der Waals surface area (Å²) < 4.78 is 0. The molecule has 0 fully saturated rings. The van der Waals surface area contributed by atoms with Gasteiger partial charge >= 0.3 is 0 Å². The number of hydrogen-bond donors (Lipinski definition) is 2. The van der Waals surface area contributed by atoms with Crippen LogP contribution < -0.4 is 10.6 Å². The second kappa shape index (κ2) is 8.13. The fourth-order valence-electron chi connectivity index (χ4n) is 2.16. The molecule has 0 unspecified atom stereocenters. The summed E-state index contributed by atoms with van der Waals surface area (Å²) in [4.78, 5) is 24.9. The van der Waals surface area contributed by atoms with Crippen molar-refractivity contribution in [3.8, 4) is 0 Å². The van der Waals surface area contributed by atoms with Crippen LogP contribution in [0.3, 0.4) is 0 Å². The highest BCUT2D eigenvalue weighted by molar-refractivity contribution is 5.97. The average Bonchev–Trinajstić information content (AvgIpc) is 2.59. The fourth-order valence-corrected chi connectivity index (χ4v) is 2.16. The van der Waals surface area contributed by atoms with Gasteiger partial charge in [-0.1, -0.05) is 62.4 Å². The van der Waals surface area contributed by atoms with Crippen LogP contribution in [0.25, 0.3) is 0 Å². The van der Waals surface area contributed by atoms with Crippen LogP contribution in [0.15, 0.2) is 60.7 Å². The van der Waals surface area contributed by atoms with Gasteiger partial charge in [0.2, 0.25) is 5.91 Å². The molecule has 2 aromatic carbocycles. The Kier molecular flexibility index (Phi) is 5.92. The highest BCUT2D eigenvalue weighted by Crippen LogP contribution is 2.14. The van der Waals surface area contributed by atoms with Crippen LogP contribution in [0.1, 0.15) is 35.8 Å². The number of carbonyl (C=O) groups is 2. The third-order valence-electron chi connectivity index (χ3n) is 3.39. The van der Waals surface area contributed by atoms with Gasteiger partial charge in [0, 0.05) is 12.1 Å². The van der Waals surface area contributed by atoms with Gasteiger partial charge in [0.1, 0.15) is 6.04 Å². The van der Waals surface area contributed by atoms with Crippen molar-refractivity contribution in [3.63, 3.8) is 0 Å². The summed E-state index contributed by atoms with van der Waals surface area (Å²) in [5, 5.41) is 5.71. The normalized spacial score (nSPS) is 11.8. The van der Waals surface area contributed by atoms with Gasteiger partial charge in [0.15, 0.2) is 0 Å². The van der Waals surface area contributed by atoms with E-state index >= 15 is 0 Å². The zero-order chi connectivity index (χ0) is 16.7. The molecule has 0 saturated heterocycles. The van der Waals surface area contributed by atoms with Crippen LogP contribution in [-0.2, 0) is 4.79 Å². The predicted octanol–water partition coefficient (Wildman–Crippen LogP) is 2.93. The lowest BCUT2D eigenvalue weighted by Gasteiger charge is -2.19. The first kappa shape index (κ1) is 16.7. The molecule has 0 heterocycles. The van der Waals surface area contributed by atoms with Crippen LogP contribution in [-0.4, -0.2) is 18.4 Å². The molecule has 0 bridgehead atoms. The summed E-state index contributed by atoms with van der Waals surface area (Å²) in [6.45, 7) is 4.63. The molecule has 0 aromatic heterocycles. The molecule has 0 aliphatic heterocycles. The second-order valence-electron chi connectivity index (χ2n) is 5.82. The maximum Gasteiger partial charge on any atom is 0.252 e. The number of carbonyl (C=O) groups excluding carboxylic acids is 2. The van der Waals surface area contributed by atoms with Crippen molar-refractivity contribution >= 4 is 11.8 Å². The fraction of sp³-hybridized carbons (Fsp3) is 0.263. The molecule has 2 N–H and O–H groups in total. The van der Waals surface area contributed by atoms with E-state index in [2.05, 4.69) is 10.6 Å². The van der Waals surface area contributed by atoms with Crippen LogP contribution in [0.5, 0.6) is 0 Å². The van der Waals surface area contributed by atoms with Crippen LogP contribution in [0, 0.1) is 5.92 Å². The molecule has 0 aliphatic carbocycles. The van der Waals surface area contributed by atoms with E-state index in [1.807, 2.05) is 50.2 Å². The number of nitrogens with one attached hydrogen (secondary N) is 2. The lowest BCUT2D eigenvalue weighted by atomic mass is 10.0. The van der Waals surface area contributed by atoms with Crippen molar-refractivity contribution in [1.82, 2.24) is 10.6 Å².